The van der Waals surface area contributed by atoms with Gasteiger partial charge in [0.05, 0.1) is 12.8 Å². The molecule has 15 heavy (non-hydrogen) atoms. The third kappa shape index (κ3) is 3.19. The minimum Gasteiger partial charge on any atom is -0.481 e. The summed E-state index contributed by atoms with van der Waals surface area (Å²) < 4.78 is 4.90. The highest BCUT2D eigenvalue weighted by molar-refractivity contribution is 5.67. The second-order valence-corrected chi connectivity index (χ2v) is 3.08. The van der Waals surface area contributed by atoms with Gasteiger partial charge >= 0.3 is 12.0 Å². The van der Waals surface area contributed by atoms with Crippen molar-refractivity contribution in [1.29, 1.82) is 0 Å². The van der Waals surface area contributed by atoms with Crippen molar-refractivity contribution in [3.8, 4) is 6.01 Å². The Balaban J connectivity index is 2.82. The summed E-state index contributed by atoms with van der Waals surface area (Å²) in [6.45, 7) is 1.96. The molecule has 0 unspecified atom stereocenters. The maximum absolute atomic E-state index is 10.4. The number of carbonyl (C=O) groups is 1. The fraction of sp³-hybridized carbons (Fsp3) is 0.500. The molecule has 0 spiro atoms. The lowest BCUT2D eigenvalue weighted by Gasteiger charge is -2.06. The average molecular weight is 210 g/mol. The first-order chi connectivity index (χ1) is 7.17. The van der Waals surface area contributed by atoms with Gasteiger partial charge in [-0.15, -0.1) is 0 Å². The van der Waals surface area contributed by atoms with E-state index in [9.17, 15) is 4.79 Å². The van der Waals surface area contributed by atoms with Gasteiger partial charge in [-0.3, -0.25) is 4.79 Å². The molecule has 1 aromatic rings. The molecule has 0 radical (unpaired) electrons. The summed E-state index contributed by atoms with van der Waals surface area (Å²) in [4.78, 5) is 18.5. The zero-order valence-corrected chi connectivity index (χ0v) is 8.86. The van der Waals surface area contributed by atoms with Crippen molar-refractivity contribution in [3.05, 3.63) is 17.5 Å². The number of carboxylic acid groups (broad SMARTS) is 1. The maximum atomic E-state index is 10.4. The predicted molar refractivity (Wildman–Crippen MR) is 53.9 cm³/mol. The van der Waals surface area contributed by atoms with E-state index in [-0.39, 0.29) is 6.42 Å². The number of hydrogen-bond acceptors (Lipinski definition) is 4. The van der Waals surface area contributed by atoms with Gasteiger partial charge in [0.15, 0.2) is 0 Å². The highest BCUT2D eigenvalue weighted by Gasteiger charge is 2.07. The molecule has 5 nitrogen and oxygen atoms in total. The number of rotatable bonds is 5. The molecule has 1 aromatic heterocycles. The zero-order valence-electron chi connectivity index (χ0n) is 8.86. The van der Waals surface area contributed by atoms with Crippen LogP contribution in [0, 0.1) is 0 Å². The predicted octanol–water partition coefficient (Wildman–Crippen LogP) is 1.06. The molecule has 0 fully saturated rings. The van der Waals surface area contributed by atoms with Crippen LogP contribution in [-0.2, 0) is 17.6 Å². The molecule has 1 rings (SSSR count). The number of ether oxygens (including phenoxy) is 1. The molecule has 0 aliphatic rings. The molecule has 0 aromatic carbocycles. The highest BCUT2D eigenvalue weighted by Crippen LogP contribution is 2.12. The Kier molecular flexibility index (Phi) is 4.03. The molecule has 0 aliphatic carbocycles. The average Bonchev–Trinajstić information content (AvgIpc) is 2.25. The maximum Gasteiger partial charge on any atom is 0.316 e. The summed E-state index contributed by atoms with van der Waals surface area (Å²) in [7, 11) is 1.51. The summed E-state index contributed by atoms with van der Waals surface area (Å²) in [6, 6.07) is 0.325. The Labute approximate surface area is 88.1 Å². The third-order valence-electron chi connectivity index (χ3n) is 2.06. The standard InChI is InChI=1S/C10H14N2O3/c1-3-8-7(4-5-9(13)14)6-11-10(12-8)15-2/h6H,3-5H2,1-2H3,(H,13,14). The highest BCUT2D eigenvalue weighted by atomic mass is 16.5. The van der Waals surface area contributed by atoms with E-state index in [2.05, 4.69) is 9.97 Å². The van der Waals surface area contributed by atoms with Gasteiger partial charge in [0.25, 0.3) is 0 Å². The Morgan fingerprint density at radius 3 is 2.87 bits per heavy atom. The van der Waals surface area contributed by atoms with Crippen LogP contribution >= 0.6 is 0 Å². The summed E-state index contributed by atoms with van der Waals surface area (Å²) in [5, 5.41) is 8.57. The van der Waals surface area contributed by atoms with E-state index >= 15 is 0 Å². The molecular weight excluding hydrogens is 196 g/mol. The molecule has 1 heterocycles. The minimum absolute atomic E-state index is 0.0999. The molecule has 82 valence electrons. The summed E-state index contributed by atoms with van der Waals surface area (Å²) in [6.07, 6.45) is 2.94. The van der Waals surface area contributed by atoms with Gasteiger partial charge in [-0.1, -0.05) is 6.92 Å². The number of nitrogens with zero attached hydrogens (tertiary/aromatic N) is 2. The zero-order chi connectivity index (χ0) is 11.3. The van der Waals surface area contributed by atoms with Crippen molar-refractivity contribution in [2.75, 3.05) is 7.11 Å². The number of hydrogen-bond donors (Lipinski definition) is 1. The first-order valence-corrected chi connectivity index (χ1v) is 4.78. The Morgan fingerprint density at radius 2 is 2.33 bits per heavy atom. The van der Waals surface area contributed by atoms with Crippen LogP contribution in [0.4, 0.5) is 0 Å². The van der Waals surface area contributed by atoms with E-state index in [0.29, 0.717) is 12.4 Å². The first-order valence-electron chi connectivity index (χ1n) is 4.78. The fourth-order valence-corrected chi connectivity index (χ4v) is 1.28. The van der Waals surface area contributed by atoms with Gasteiger partial charge in [-0.25, -0.2) is 9.97 Å². The number of methoxy groups -OCH3 is 1. The van der Waals surface area contributed by atoms with Crippen molar-refractivity contribution in [2.24, 2.45) is 0 Å². The molecule has 0 amide bonds. The largest absolute Gasteiger partial charge is 0.481 e. The molecule has 0 aliphatic heterocycles. The van der Waals surface area contributed by atoms with E-state index in [1.807, 2.05) is 6.92 Å². The van der Waals surface area contributed by atoms with Crippen LogP contribution in [0.3, 0.4) is 0 Å². The Bertz CT molecular complexity index is 353. The lowest BCUT2D eigenvalue weighted by molar-refractivity contribution is -0.136. The van der Waals surface area contributed by atoms with E-state index in [0.717, 1.165) is 17.7 Å². The van der Waals surface area contributed by atoms with Crippen molar-refractivity contribution in [3.63, 3.8) is 0 Å². The molecule has 0 saturated carbocycles. The number of aromatic nitrogens is 2. The van der Waals surface area contributed by atoms with E-state index < -0.39 is 5.97 Å². The number of aliphatic carboxylic acids is 1. The van der Waals surface area contributed by atoms with Crippen molar-refractivity contribution >= 4 is 5.97 Å². The SMILES string of the molecule is CCc1nc(OC)ncc1CCC(=O)O. The van der Waals surface area contributed by atoms with E-state index in [4.69, 9.17) is 9.84 Å². The van der Waals surface area contributed by atoms with Gasteiger partial charge in [0.1, 0.15) is 0 Å². The summed E-state index contributed by atoms with van der Waals surface area (Å²) in [5.41, 5.74) is 1.73. The molecular formula is C10H14N2O3. The quantitative estimate of drug-likeness (QED) is 0.786. The van der Waals surface area contributed by atoms with Gasteiger partial charge in [-0.05, 0) is 18.4 Å². The third-order valence-corrected chi connectivity index (χ3v) is 2.06. The topological polar surface area (TPSA) is 72.3 Å². The van der Waals surface area contributed by atoms with E-state index in [1.54, 1.807) is 6.20 Å². The molecule has 5 heteroatoms. The monoisotopic (exact) mass is 210 g/mol. The normalized spacial score (nSPS) is 10.0. The van der Waals surface area contributed by atoms with Crippen LogP contribution in [0.15, 0.2) is 6.20 Å². The summed E-state index contributed by atoms with van der Waals surface area (Å²) >= 11 is 0. The van der Waals surface area contributed by atoms with Gasteiger partial charge in [-0.2, -0.15) is 0 Å². The molecule has 0 atom stereocenters. The minimum atomic E-state index is -0.812. The number of aryl methyl sites for hydroxylation is 2. The van der Waals surface area contributed by atoms with Crippen LogP contribution in [0.5, 0.6) is 6.01 Å². The second-order valence-electron chi connectivity index (χ2n) is 3.08. The fourth-order valence-electron chi connectivity index (χ4n) is 1.28. The van der Waals surface area contributed by atoms with Crippen LogP contribution in [0.25, 0.3) is 0 Å². The first kappa shape index (κ1) is 11.4. The van der Waals surface area contributed by atoms with Crippen LogP contribution < -0.4 is 4.74 Å². The van der Waals surface area contributed by atoms with Gasteiger partial charge in [0, 0.05) is 12.6 Å². The number of carboxylic acids is 1. The van der Waals surface area contributed by atoms with Crippen LogP contribution in [-0.4, -0.2) is 28.2 Å². The Hall–Kier alpha value is -1.65. The van der Waals surface area contributed by atoms with E-state index in [1.165, 1.54) is 7.11 Å². The lowest BCUT2D eigenvalue weighted by atomic mass is 10.1. The molecule has 0 saturated heterocycles. The smallest absolute Gasteiger partial charge is 0.316 e. The van der Waals surface area contributed by atoms with Crippen LogP contribution in [0.2, 0.25) is 0 Å². The van der Waals surface area contributed by atoms with Crippen molar-refractivity contribution in [1.82, 2.24) is 9.97 Å². The Morgan fingerprint density at radius 1 is 1.60 bits per heavy atom. The molecule has 0 bridgehead atoms. The lowest BCUT2D eigenvalue weighted by Crippen LogP contribution is -2.04. The van der Waals surface area contributed by atoms with Crippen LogP contribution in [0.1, 0.15) is 24.6 Å². The van der Waals surface area contributed by atoms with Gasteiger partial charge in [0.2, 0.25) is 0 Å². The summed E-state index contributed by atoms with van der Waals surface area (Å²) in [5.74, 6) is -0.812. The molecule has 1 N–H and O–H groups in total. The second kappa shape index (κ2) is 5.29. The van der Waals surface area contributed by atoms with Gasteiger partial charge < -0.3 is 9.84 Å². The van der Waals surface area contributed by atoms with Crippen molar-refractivity contribution in [2.45, 2.75) is 26.2 Å². The van der Waals surface area contributed by atoms with Crippen molar-refractivity contribution < 1.29 is 14.6 Å².